The molecular weight excluding hydrogens is 552 g/mol. The number of amides is 4. The van der Waals surface area contributed by atoms with Gasteiger partial charge in [-0.1, -0.05) is 38.1 Å². The van der Waals surface area contributed by atoms with Crippen molar-refractivity contribution in [1.82, 2.24) is 9.80 Å². The number of unbranched alkanes of at least 4 members (excludes halogenated alkanes) is 3. The first-order valence-corrected chi connectivity index (χ1v) is 16.4. The van der Waals surface area contributed by atoms with E-state index in [1.165, 1.54) is 22.6 Å². The van der Waals surface area contributed by atoms with Gasteiger partial charge in [-0.25, -0.2) is 0 Å². The van der Waals surface area contributed by atoms with Crippen LogP contribution < -0.4 is 0 Å². The van der Waals surface area contributed by atoms with E-state index in [2.05, 4.69) is 42.0 Å². The standard InChI is InChI=1S/C36H52N4O4/c1-7-27(25-38-35(43)31-19-13-14-20-32(31)36(38)44)26-39(3,4)23-15-9-10-16-24-40(5,6)28(8-2)21-22-37-33(41)29-17-11-12-18-30(29)34(37)42/h11-14,17-20,27-28H,7-10,15-16,21-26H2,1-6H3/q+2. The van der Waals surface area contributed by atoms with Crippen LogP contribution in [0, 0.1) is 5.92 Å². The first-order chi connectivity index (χ1) is 20.9. The van der Waals surface area contributed by atoms with Crippen LogP contribution >= 0.6 is 0 Å². The molecular formula is C36H52N4O4+2. The molecule has 0 N–H and O–H groups in total. The zero-order chi connectivity index (χ0) is 32.1. The van der Waals surface area contributed by atoms with Crippen LogP contribution in [0.3, 0.4) is 0 Å². The summed E-state index contributed by atoms with van der Waals surface area (Å²) in [7, 11) is 9.06. The normalized spacial score (nSPS) is 16.5. The first-order valence-electron chi connectivity index (χ1n) is 16.4. The zero-order valence-electron chi connectivity index (χ0n) is 27.7. The Hall–Kier alpha value is -3.36. The predicted molar refractivity (Wildman–Crippen MR) is 173 cm³/mol. The largest absolute Gasteiger partial charge is 0.328 e. The molecule has 0 saturated carbocycles. The van der Waals surface area contributed by atoms with E-state index >= 15 is 0 Å². The third-order valence-electron chi connectivity index (χ3n) is 9.92. The number of carbonyl (C=O) groups excluding carboxylic acids is 4. The van der Waals surface area contributed by atoms with Gasteiger partial charge in [-0.05, 0) is 62.8 Å². The van der Waals surface area contributed by atoms with E-state index in [0.717, 1.165) is 60.7 Å². The Labute approximate surface area is 263 Å². The minimum atomic E-state index is -0.166. The highest BCUT2D eigenvalue weighted by Crippen LogP contribution is 2.26. The van der Waals surface area contributed by atoms with Crippen LogP contribution in [0.4, 0.5) is 0 Å². The summed E-state index contributed by atoms with van der Waals surface area (Å²) in [6, 6.07) is 14.6. The van der Waals surface area contributed by atoms with Crippen LogP contribution in [0.15, 0.2) is 48.5 Å². The van der Waals surface area contributed by atoms with Crippen LogP contribution in [-0.4, -0.2) is 109 Å². The molecule has 0 fully saturated rings. The molecule has 0 saturated heterocycles. The maximum atomic E-state index is 12.9. The molecule has 2 atom stereocenters. The van der Waals surface area contributed by atoms with Gasteiger partial charge < -0.3 is 8.97 Å². The average molecular weight is 605 g/mol. The van der Waals surface area contributed by atoms with Gasteiger partial charge >= 0.3 is 0 Å². The van der Waals surface area contributed by atoms with E-state index in [9.17, 15) is 19.2 Å². The van der Waals surface area contributed by atoms with Crippen molar-refractivity contribution in [3.05, 3.63) is 70.8 Å². The van der Waals surface area contributed by atoms with Crippen LogP contribution in [-0.2, 0) is 0 Å². The van der Waals surface area contributed by atoms with E-state index in [-0.39, 0.29) is 29.5 Å². The minimum absolute atomic E-state index is 0.162. The molecule has 238 valence electrons. The summed E-state index contributed by atoms with van der Waals surface area (Å²) < 4.78 is 1.76. The Bertz CT molecular complexity index is 1300. The minimum Gasteiger partial charge on any atom is -0.328 e. The third kappa shape index (κ3) is 7.46. The maximum absolute atomic E-state index is 12.9. The lowest BCUT2D eigenvalue weighted by Gasteiger charge is -2.38. The molecule has 0 spiro atoms. The highest BCUT2D eigenvalue weighted by atomic mass is 16.2. The van der Waals surface area contributed by atoms with Gasteiger partial charge in [0, 0.05) is 25.4 Å². The second-order valence-corrected chi connectivity index (χ2v) is 14.0. The van der Waals surface area contributed by atoms with Crippen molar-refractivity contribution in [2.24, 2.45) is 5.92 Å². The molecule has 2 aliphatic heterocycles. The van der Waals surface area contributed by atoms with E-state index in [4.69, 9.17) is 0 Å². The first kappa shape index (κ1) is 33.5. The van der Waals surface area contributed by atoms with E-state index < -0.39 is 0 Å². The van der Waals surface area contributed by atoms with E-state index in [0.29, 0.717) is 41.4 Å². The maximum Gasteiger partial charge on any atom is 0.261 e. The van der Waals surface area contributed by atoms with Crippen molar-refractivity contribution in [1.29, 1.82) is 0 Å². The summed E-state index contributed by atoms with van der Waals surface area (Å²) in [5, 5.41) is 0. The molecule has 8 heteroatoms. The Balaban J connectivity index is 1.17. The lowest BCUT2D eigenvalue weighted by atomic mass is 10.0. The molecule has 2 aliphatic rings. The monoisotopic (exact) mass is 604 g/mol. The Morgan fingerprint density at radius 3 is 1.52 bits per heavy atom. The zero-order valence-corrected chi connectivity index (χ0v) is 27.7. The quantitative estimate of drug-likeness (QED) is 0.136. The summed E-state index contributed by atoms with van der Waals surface area (Å²) in [6.45, 7) is 8.34. The van der Waals surface area contributed by atoms with Gasteiger partial charge in [0.15, 0.2) is 0 Å². The Kier molecular flexibility index (Phi) is 10.8. The van der Waals surface area contributed by atoms with Crippen LogP contribution in [0.2, 0.25) is 0 Å². The third-order valence-corrected chi connectivity index (χ3v) is 9.92. The number of benzene rings is 2. The highest BCUT2D eigenvalue weighted by molar-refractivity contribution is 6.22. The van der Waals surface area contributed by atoms with Crippen LogP contribution in [0.5, 0.6) is 0 Å². The molecule has 0 aliphatic carbocycles. The highest BCUT2D eigenvalue weighted by Gasteiger charge is 2.38. The molecule has 0 bridgehead atoms. The van der Waals surface area contributed by atoms with E-state index in [1.807, 2.05) is 24.3 Å². The van der Waals surface area contributed by atoms with Crippen molar-refractivity contribution < 1.29 is 28.1 Å². The van der Waals surface area contributed by atoms with Crippen molar-refractivity contribution >= 4 is 23.6 Å². The fourth-order valence-corrected chi connectivity index (χ4v) is 7.13. The number of nitrogens with zero attached hydrogens (tertiary/aromatic N) is 4. The number of fused-ring (bicyclic) bond motifs is 2. The van der Waals surface area contributed by atoms with Crippen LogP contribution in [0.1, 0.15) is 100 Å². The summed E-state index contributed by atoms with van der Waals surface area (Å²) in [4.78, 5) is 54.2. The van der Waals surface area contributed by atoms with Crippen molar-refractivity contribution in [3.8, 4) is 0 Å². The molecule has 44 heavy (non-hydrogen) atoms. The van der Waals surface area contributed by atoms with Crippen molar-refractivity contribution in [3.63, 3.8) is 0 Å². The SMILES string of the molecule is CCC(CN1C(=O)c2ccccc2C1=O)C[N+](C)(C)CCCCCC[N+](C)(C)C(CC)CCN1C(=O)c2ccccc2C1=O. The molecule has 4 amide bonds. The van der Waals surface area contributed by atoms with Gasteiger partial charge in [0.2, 0.25) is 0 Å². The molecule has 8 nitrogen and oxygen atoms in total. The van der Waals surface area contributed by atoms with Crippen molar-refractivity contribution in [2.75, 3.05) is 60.9 Å². The second kappa shape index (κ2) is 14.2. The topological polar surface area (TPSA) is 74.8 Å². The van der Waals surface area contributed by atoms with Gasteiger partial charge in [-0.2, -0.15) is 0 Å². The fourth-order valence-electron chi connectivity index (χ4n) is 7.13. The summed E-state index contributed by atoms with van der Waals surface area (Å²) >= 11 is 0. The molecule has 2 heterocycles. The molecule has 0 aromatic heterocycles. The Morgan fingerprint density at radius 2 is 1.07 bits per heavy atom. The number of rotatable bonds is 17. The van der Waals surface area contributed by atoms with Gasteiger partial charge in [-0.15, -0.1) is 0 Å². The Morgan fingerprint density at radius 1 is 0.614 bits per heavy atom. The smallest absolute Gasteiger partial charge is 0.261 e. The molecule has 2 unspecified atom stereocenters. The second-order valence-electron chi connectivity index (χ2n) is 14.0. The molecule has 4 rings (SSSR count). The fraction of sp³-hybridized carbons (Fsp3) is 0.556. The van der Waals surface area contributed by atoms with Crippen molar-refractivity contribution in [2.45, 2.75) is 64.8 Å². The lowest BCUT2D eigenvalue weighted by molar-refractivity contribution is -0.915. The van der Waals surface area contributed by atoms with Crippen LogP contribution in [0.25, 0.3) is 0 Å². The molecule has 0 radical (unpaired) electrons. The predicted octanol–water partition coefficient (Wildman–Crippen LogP) is 5.49. The molecule has 2 aromatic rings. The van der Waals surface area contributed by atoms with E-state index in [1.54, 1.807) is 24.3 Å². The lowest BCUT2D eigenvalue weighted by Crippen LogP contribution is -2.50. The summed E-state index contributed by atoms with van der Waals surface area (Å²) in [5.74, 6) is -0.396. The number of hydrogen-bond donors (Lipinski definition) is 0. The average Bonchev–Trinajstić information content (AvgIpc) is 3.39. The number of imide groups is 2. The summed E-state index contributed by atoms with van der Waals surface area (Å²) in [5.41, 5.74) is 2.09. The number of hydrogen-bond acceptors (Lipinski definition) is 4. The number of carbonyl (C=O) groups is 4. The van der Waals surface area contributed by atoms with Gasteiger partial charge in [0.1, 0.15) is 0 Å². The van der Waals surface area contributed by atoms with Gasteiger partial charge in [0.25, 0.3) is 23.6 Å². The molecule has 2 aromatic carbocycles. The summed E-state index contributed by atoms with van der Waals surface area (Å²) in [6.07, 6.45) is 7.35. The van der Waals surface area contributed by atoms with Gasteiger partial charge in [0.05, 0.1) is 76.1 Å². The number of quaternary nitrogens is 2. The van der Waals surface area contributed by atoms with Gasteiger partial charge in [-0.3, -0.25) is 29.0 Å².